The summed E-state index contributed by atoms with van der Waals surface area (Å²) in [6, 6.07) is 14.4. The maximum absolute atomic E-state index is 13.7. The van der Waals surface area contributed by atoms with Gasteiger partial charge in [0.15, 0.2) is 11.6 Å². The van der Waals surface area contributed by atoms with Crippen molar-refractivity contribution in [3.8, 4) is 5.75 Å². The number of rotatable bonds is 5. The van der Waals surface area contributed by atoms with Crippen molar-refractivity contribution in [1.82, 2.24) is 0 Å². The van der Waals surface area contributed by atoms with Gasteiger partial charge in [-0.15, -0.1) is 0 Å². The largest absolute Gasteiger partial charge is 0.490 e. The van der Waals surface area contributed by atoms with Crippen LogP contribution in [0.2, 0.25) is 0 Å². The van der Waals surface area contributed by atoms with E-state index in [9.17, 15) is 9.50 Å². The molecule has 0 bridgehead atoms. The standard InChI is InChI=1S/C16H17FO2/c1-12(18)14-7-8-16(15(17)11-14)19-10-9-13-5-3-2-4-6-13/h2-8,11-12,18H,9-10H2,1H3. The van der Waals surface area contributed by atoms with Crippen molar-refractivity contribution in [2.75, 3.05) is 6.61 Å². The zero-order valence-corrected chi connectivity index (χ0v) is 10.8. The van der Waals surface area contributed by atoms with Crippen LogP contribution in [0.3, 0.4) is 0 Å². The minimum Gasteiger partial charge on any atom is -0.490 e. The van der Waals surface area contributed by atoms with Gasteiger partial charge in [0.1, 0.15) is 0 Å². The summed E-state index contributed by atoms with van der Waals surface area (Å²) in [7, 11) is 0. The molecular weight excluding hydrogens is 243 g/mol. The zero-order valence-electron chi connectivity index (χ0n) is 10.8. The third-order valence-corrected chi connectivity index (χ3v) is 2.93. The second-order valence-electron chi connectivity index (χ2n) is 4.45. The third kappa shape index (κ3) is 3.80. The van der Waals surface area contributed by atoms with E-state index in [1.54, 1.807) is 19.1 Å². The second-order valence-corrected chi connectivity index (χ2v) is 4.45. The normalized spacial score (nSPS) is 12.2. The van der Waals surface area contributed by atoms with E-state index in [0.717, 1.165) is 12.0 Å². The molecule has 0 saturated heterocycles. The lowest BCUT2D eigenvalue weighted by Gasteiger charge is -2.10. The maximum atomic E-state index is 13.7. The lowest BCUT2D eigenvalue weighted by Crippen LogP contribution is -2.03. The number of halogens is 1. The van der Waals surface area contributed by atoms with Crippen LogP contribution in [0.4, 0.5) is 4.39 Å². The van der Waals surface area contributed by atoms with Crippen LogP contribution in [0.25, 0.3) is 0 Å². The van der Waals surface area contributed by atoms with E-state index in [1.165, 1.54) is 6.07 Å². The Kier molecular flexibility index (Phi) is 4.53. The van der Waals surface area contributed by atoms with Crippen molar-refractivity contribution in [2.24, 2.45) is 0 Å². The fourth-order valence-corrected chi connectivity index (χ4v) is 1.82. The Bertz CT molecular complexity index is 524. The summed E-state index contributed by atoms with van der Waals surface area (Å²) in [6.45, 7) is 2.03. The van der Waals surface area contributed by atoms with Gasteiger partial charge >= 0.3 is 0 Å². The van der Waals surface area contributed by atoms with E-state index in [4.69, 9.17) is 4.74 Å². The Morgan fingerprint density at radius 2 is 1.89 bits per heavy atom. The number of aliphatic hydroxyl groups is 1. The highest BCUT2D eigenvalue weighted by Gasteiger charge is 2.07. The van der Waals surface area contributed by atoms with Crippen LogP contribution in [0.5, 0.6) is 5.75 Å². The summed E-state index contributed by atoms with van der Waals surface area (Å²) in [6.07, 6.45) is 0.0613. The number of benzene rings is 2. The van der Waals surface area contributed by atoms with Crippen LogP contribution in [-0.2, 0) is 6.42 Å². The van der Waals surface area contributed by atoms with Crippen molar-refractivity contribution in [3.63, 3.8) is 0 Å². The van der Waals surface area contributed by atoms with E-state index < -0.39 is 11.9 Å². The maximum Gasteiger partial charge on any atom is 0.165 e. The van der Waals surface area contributed by atoms with Gasteiger partial charge in [0.25, 0.3) is 0 Å². The molecule has 19 heavy (non-hydrogen) atoms. The van der Waals surface area contributed by atoms with Gasteiger partial charge in [0.05, 0.1) is 12.7 Å². The Labute approximate surface area is 112 Å². The summed E-state index contributed by atoms with van der Waals surface area (Å²) < 4.78 is 19.1. The molecule has 1 N–H and O–H groups in total. The average Bonchev–Trinajstić information content (AvgIpc) is 2.41. The van der Waals surface area contributed by atoms with Gasteiger partial charge in [0.2, 0.25) is 0 Å². The van der Waals surface area contributed by atoms with Crippen molar-refractivity contribution < 1.29 is 14.2 Å². The fourth-order valence-electron chi connectivity index (χ4n) is 1.82. The van der Waals surface area contributed by atoms with Gasteiger partial charge in [-0.2, -0.15) is 0 Å². The van der Waals surface area contributed by atoms with Crippen LogP contribution in [-0.4, -0.2) is 11.7 Å². The van der Waals surface area contributed by atoms with Crippen molar-refractivity contribution >= 4 is 0 Å². The predicted molar refractivity (Wildman–Crippen MR) is 72.7 cm³/mol. The summed E-state index contributed by atoms with van der Waals surface area (Å²) in [5.74, 6) is -0.216. The second kappa shape index (κ2) is 6.34. The first-order chi connectivity index (χ1) is 9.16. The summed E-state index contributed by atoms with van der Waals surface area (Å²) >= 11 is 0. The molecule has 0 spiro atoms. The molecule has 2 aromatic rings. The van der Waals surface area contributed by atoms with Gasteiger partial charge < -0.3 is 9.84 Å². The van der Waals surface area contributed by atoms with E-state index in [1.807, 2.05) is 30.3 Å². The molecule has 2 nitrogen and oxygen atoms in total. The number of hydrogen-bond donors (Lipinski definition) is 1. The van der Waals surface area contributed by atoms with E-state index in [2.05, 4.69) is 0 Å². The molecule has 3 heteroatoms. The van der Waals surface area contributed by atoms with Crippen LogP contribution in [0, 0.1) is 5.82 Å². The highest BCUT2D eigenvalue weighted by Crippen LogP contribution is 2.22. The highest BCUT2D eigenvalue weighted by atomic mass is 19.1. The van der Waals surface area contributed by atoms with Crippen LogP contribution >= 0.6 is 0 Å². The quantitative estimate of drug-likeness (QED) is 0.891. The van der Waals surface area contributed by atoms with Gasteiger partial charge in [-0.25, -0.2) is 4.39 Å². The third-order valence-electron chi connectivity index (χ3n) is 2.93. The molecule has 2 rings (SSSR count). The minimum atomic E-state index is -0.673. The predicted octanol–water partition coefficient (Wildman–Crippen LogP) is 3.50. The Hall–Kier alpha value is -1.87. The zero-order chi connectivity index (χ0) is 13.7. The molecule has 0 saturated carbocycles. The monoisotopic (exact) mass is 260 g/mol. The van der Waals surface area contributed by atoms with Crippen molar-refractivity contribution in [2.45, 2.75) is 19.4 Å². The molecule has 0 aliphatic rings. The molecular formula is C16H17FO2. The molecule has 2 aromatic carbocycles. The van der Waals surface area contributed by atoms with Crippen LogP contribution in [0.1, 0.15) is 24.2 Å². The SMILES string of the molecule is CC(O)c1ccc(OCCc2ccccc2)c(F)c1. The Balaban J connectivity index is 1.93. The molecule has 0 heterocycles. The molecule has 0 fully saturated rings. The molecule has 0 aromatic heterocycles. The molecule has 1 atom stereocenters. The average molecular weight is 260 g/mol. The van der Waals surface area contributed by atoms with Gasteiger partial charge in [-0.05, 0) is 30.2 Å². The summed E-state index contributed by atoms with van der Waals surface area (Å²) in [5, 5.41) is 9.36. The number of ether oxygens (including phenoxy) is 1. The molecule has 0 aliphatic heterocycles. The molecule has 0 amide bonds. The van der Waals surface area contributed by atoms with Crippen LogP contribution < -0.4 is 4.74 Å². The summed E-state index contributed by atoms with van der Waals surface area (Å²) in [4.78, 5) is 0. The lowest BCUT2D eigenvalue weighted by atomic mass is 10.1. The Morgan fingerprint density at radius 1 is 1.16 bits per heavy atom. The number of hydrogen-bond acceptors (Lipinski definition) is 2. The first-order valence-corrected chi connectivity index (χ1v) is 6.31. The number of aliphatic hydroxyl groups excluding tert-OH is 1. The van der Waals surface area contributed by atoms with Gasteiger partial charge in [0, 0.05) is 6.42 Å². The molecule has 100 valence electrons. The Morgan fingerprint density at radius 3 is 2.53 bits per heavy atom. The van der Waals surface area contributed by atoms with E-state index in [-0.39, 0.29) is 5.75 Å². The smallest absolute Gasteiger partial charge is 0.165 e. The van der Waals surface area contributed by atoms with Crippen LogP contribution in [0.15, 0.2) is 48.5 Å². The van der Waals surface area contributed by atoms with Gasteiger partial charge in [-0.3, -0.25) is 0 Å². The van der Waals surface area contributed by atoms with Crippen molar-refractivity contribution in [3.05, 3.63) is 65.5 Å². The molecule has 1 unspecified atom stereocenters. The lowest BCUT2D eigenvalue weighted by molar-refractivity contribution is 0.198. The van der Waals surface area contributed by atoms with E-state index in [0.29, 0.717) is 12.2 Å². The first kappa shape index (κ1) is 13.6. The first-order valence-electron chi connectivity index (χ1n) is 6.31. The fraction of sp³-hybridized carbons (Fsp3) is 0.250. The molecule has 0 radical (unpaired) electrons. The molecule has 0 aliphatic carbocycles. The van der Waals surface area contributed by atoms with Crippen molar-refractivity contribution in [1.29, 1.82) is 0 Å². The highest BCUT2D eigenvalue weighted by molar-refractivity contribution is 5.30. The van der Waals surface area contributed by atoms with Gasteiger partial charge in [-0.1, -0.05) is 36.4 Å². The summed E-state index contributed by atoms with van der Waals surface area (Å²) in [5.41, 5.74) is 1.71. The minimum absolute atomic E-state index is 0.223. The van der Waals surface area contributed by atoms with E-state index >= 15 is 0 Å². The topological polar surface area (TPSA) is 29.5 Å².